The first-order chi connectivity index (χ1) is 16.9. The maximum Gasteiger partial charge on any atom is 0.220 e. The van der Waals surface area contributed by atoms with E-state index in [1.165, 1.54) is 25.7 Å². The fourth-order valence-electron chi connectivity index (χ4n) is 5.90. The van der Waals surface area contributed by atoms with Crippen LogP contribution in [0.2, 0.25) is 0 Å². The molecule has 2 atom stereocenters. The summed E-state index contributed by atoms with van der Waals surface area (Å²) in [6.07, 6.45) is 6.97. The third kappa shape index (κ3) is 6.02. The lowest BCUT2D eigenvalue weighted by atomic mass is 10.2. The van der Waals surface area contributed by atoms with Gasteiger partial charge in [0.05, 0.1) is 4.90 Å². The van der Waals surface area contributed by atoms with Crippen molar-refractivity contribution in [2.24, 2.45) is 0 Å². The molecule has 3 heterocycles. The number of hydrogen-bond donors (Lipinski definition) is 0. The Labute approximate surface area is 211 Å². The summed E-state index contributed by atoms with van der Waals surface area (Å²) in [5, 5.41) is 10.1. The number of nitrogens with zero attached hydrogens (tertiary/aromatic N) is 5. The van der Waals surface area contributed by atoms with Crippen molar-refractivity contribution in [1.29, 1.82) is 5.26 Å². The van der Waals surface area contributed by atoms with E-state index in [9.17, 15) is 13.7 Å². The molecular weight excluding hydrogens is 458 g/mol. The van der Waals surface area contributed by atoms with E-state index in [-0.39, 0.29) is 9.80 Å². The molecule has 3 fully saturated rings. The van der Waals surface area contributed by atoms with Gasteiger partial charge in [-0.15, -0.1) is 0 Å². The zero-order valence-electron chi connectivity index (χ0n) is 21.4. The average molecular weight is 500 g/mol. The summed E-state index contributed by atoms with van der Waals surface area (Å²) in [6.45, 7) is 12.0. The van der Waals surface area contributed by atoms with E-state index >= 15 is 0 Å². The third-order valence-corrected chi connectivity index (χ3v) is 9.70. The van der Waals surface area contributed by atoms with Crippen molar-refractivity contribution in [1.82, 2.24) is 19.6 Å². The van der Waals surface area contributed by atoms with Crippen molar-refractivity contribution in [2.75, 3.05) is 52.4 Å². The van der Waals surface area contributed by atoms with E-state index in [1.807, 2.05) is 0 Å². The Kier molecular flexibility index (Phi) is 8.74. The topological polar surface area (TPSA) is 70.9 Å². The van der Waals surface area contributed by atoms with Crippen LogP contribution in [0.1, 0.15) is 52.4 Å². The normalized spacial score (nSPS) is 23.9. The first-order valence-electron chi connectivity index (χ1n) is 13.3. The molecule has 0 spiro atoms. The predicted molar refractivity (Wildman–Crippen MR) is 139 cm³/mol. The van der Waals surface area contributed by atoms with Gasteiger partial charge in [0.2, 0.25) is 9.84 Å². The van der Waals surface area contributed by atoms with Gasteiger partial charge in [0.15, 0.2) is 4.91 Å². The highest BCUT2D eigenvalue weighted by molar-refractivity contribution is 7.95. The van der Waals surface area contributed by atoms with E-state index < -0.39 is 9.84 Å². The molecule has 1 aromatic rings. The molecule has 3 aliphatic rings. The van der Waals surface area contributed by atoms with Crippen LogP contribution in [-0.2, 0) is 9.84 Å². The fraction of sp³-hybridized carbons (Fsp3) is 0.667. The largest absolute Gasteiger partial charge is 0.355 e. The Morgan fingerprint density at radius 3 is 1.80 bits per heavy atom. The summed E-state index contributed by atoms with van der Waals surface area (Å²) in [6, 6.07) is 11.8. The lowest BCUT2D eigenvalue weighted by molar-refractivity contribution is 0.238. The van der Waals surface area contributed by atoms with Crippen LogP contribution in [0.3, 0.4) is 0 Å². The second-order valence-electron chi connectivity index (χ2n) is 10.3. The van der Waals surface area contributed by atoms with Gasteiger partial charge in [-0.05, 0) is 77.6 Å². The average Bonchev–Trinajstić information content (AvgIpc) is 3.57. The number of likely N-dealkylation sites (tertiary alicyclic amines) is 2. The molecule has 35 heavy (non-hydrogen) atoms. The molecule has 0 saturated carbocycles. The van der Waals surface area contributed by atoms with Crippen LogP contribution < -0.4 is 0 Å². The minimum Gasteiger partial charge on any atom is -0.355 e. The van der Waals surface area contributed by atoms with Crippen LogP contribution in [0.5, 0.6) is 0 Å². The molecule has 8 heteroatoms. The number of hydrogen-bond acceptors (Lipinski definition) is 7. The third-order valence-electron chi connectivity index (χ3n) is 7.99. The van der Waals surface area contributed by atoms with E-state index in [1.54, 1.807) is 30.3 Å². The molecule has 0 N–H and O–H groups in total. The molecular formula is C27H41N5O2S. The van der Waals surface area contributed by atoms with Gasteiger partial charge < -0.3 is 19.6 Å². The molecule has 7 nitrogen and oxygen atoms in total. The Bertz CT molecular complexity index is 984. The first kappa shape index (κ1) is 26.0. The standard InChI is InChI=1S/C27H41N5O2S/c1-23-10-6-14-29(23)16-8-18-31-20-21-32(19-9-17-30-15-7-11-24(30)2)27(31)26(22-28)35(33,34)25-12-4-3-5-13-25/h3-5,12-13,23-24H,6-11,14-21H2,1-2H3. The van der Waals surface area contributed by atoms with Gasteiger partial charge >= 0.3 is 0 Å². The fourth-order valence-corrected chi connectivity index (χ4v) is 7.27. The molecule has 3 saturated heterocycles. The highest BCUT2D eigenvalue weighted by Gasteiger charge is 2.34. The Morgan fingerprint density at radius 1 is 0.857 bits per heavy atom. The Balaban J connectivity index is 1.53. The summed E-state index contributed by atoms with van der Waals surface area (Å²) in [7, 11) is -3.88. The van der Waals surface area contributed by atoms with Crippen LogP contribution in [0, 0.1) is 11.3 Å². The second-order valence-corrected chi connectivity index (χ2v) is 12.2. The number of nitriles is 1. The van der Waals surface area contributed by atoms with Gasteiger partial charge in [-0.25, -0.2) is 8.42 Å². The number of benzene rings is 1. The molecule has 2 unspecified atom stereocenters. The van der Waals surface area contributed by atoms with E-state index in [0.29, 0.717) is 17.9 Å². The molecule has 1 aromatic carbocycles. The Morgan fingerprint density at radius 2 is 1.37 bits per heavy atom. The van der Waals surface area contributed by atoms with Crippen molar-refractivity contribution in [2.45, 2.75) is 69.4 Å². The highest BCUT2D eigenvalue weighted by Crippen LogP contribution is 2.30. The maximum atomic E-state index is 13.5. The monoisotopic (exact) mass is 499 g/mol. The van der Waals surface area contributed by atoms with Crippen LogP contribution >= 0.6 is 0 Å². The van der Waals surface area contributed by atoms with Crippen LogP contribution in [-0.4, -0.2) is 92.5 Å². The predicted octanol–water partition coefficient (Wildman–Crippen LogP) is 3.52. The molecule has 0 aliphatic carbocycles. The number of allylic oxidation sites excluding steroid dienone is 1. The van der Waals surface area contributed by atoms with Gasteiger partial charge in [-0.3, -0.25) is 0 Å². The molecule has 0 aromatic heterocycles. The first-order valence-corrected chi connectivity index (χ1v) is 14.8. The lowest BCUT2D eigenvalue weighted by Gasteiger charge is -2.28. The minimum absolute atomic E-state index is 0.106. The SMILES string of the molecule is CC1CCCN1CCCN1CCN(CCCN2CCCC2C)C1=C(C#N)S(=O)(=O)c1ccccc1. The molecule has 3 aliphatic heterocycles. The number of rotatable bonds is 10. The van der Waals surface area contributed by atoms with Crippen molar-refractivity contribution in [3.8, 4) is 6.07 Å². The lowest BCUT2D eigenvalue weighted by Crippen LogP contribution is -2.33. The highest BCUT2D eigenvalue weighted by atomic mass is 32.2. The summed E-state index contributed by atoms with van der Waals surface area (Å²) in [5.74, 6) is 0.611. The van der Waals surface area contributed by atoms with Gasteiger partial charge in [-0.1, -0.05) is 18.2 Å². The minimum atomic E-state index is -3.88. The van der Waals surface area contributed by atoms with Crippen molar-refractivity contribution >= 4 is 9.84 Å². The van der Waals surface area contributed by atoms with Crippen LogP contribution in [0.4, 0.5) is 0 Å². The van der Waals surface area contributed by atoms with Gasteiger partial charge in [0.25, 0.3) is 0 Å². The molecule has 192 valence electrons. The van der Waals surface area contributed by atoms with Crippen LogP contribution in [0.15, 0.2) is 46.0 Å². The maximum absolute atomic E-state index is 13.5. The van der Waals surface area contributed by atoms with E-state index in [0.717, 1.165) is 65.2 Å². The van der Waals surface area contributed by atoms with Gasteiger partial charge in [0.1, 0.15) is 11.9 Å². The zero-order valence-corrected chi connectivity index (χ0v) is 22.2. The van der Waals surface area contributed by atoms with Crippen molar-refractivity contribution in [3.05, 3.63) is 41.1 Å². The van der Waals surface area contributed by atoms with Crippen molar-refractivity contribution in [3.63, 3.8) is 0 Å². The molecule has 0 amide bonds. The van der Waals surface area contributed by atoms with Crippen LogP contribution in [0.25, 0.3) is 0 Å². The van der Waals surface area contributed by atoms with E-state index in [2.05, 4.69) is 39.5 Å². The van der Waals surface area contributed by atoms with Crippen molar-refractivity contribution < 1.29 is 8.42 Å². The van der Waals surface area contributed by atoms with E-state index in [4.69, 9.17) is 0 Å². The number of sulfone groups is 1. The zero-order chi connectivity index (χ0) is 24.8. The van der Waals surface area contributed by atoms with Gasteiger partial charge in [0, 0.05) is 51.4 Å². The quantitative estimate of drug-likeness (QED) is 0.456. The summed E-state index contributed by atoms with van der Waals surface area (Å²) >= 11 is 0. The molecule has 4 rings (SSSR count). The smallest absolute Gasteiger partial charge is 0.220 e. The summed E-state index contributed by atoms with van der Waals surface area (Å²) < 4.78 is 27.1. The second kappa shape index (κ2) is 11.8. The Hall–Kier alpha value is -2.08. The molecule has 0 radical (unpaired) electrons. The summed E-state index contributed by atoms with van der Waals surface area (Å²) in [5.41, 5.74) is 0. The summed E-state index contributed by atoms with van der Waals surface area (Å²) in [4.78, 5) is 9.44. The molecule has 0 bridgehead atoms. The van der Waals surface area contributed by atoms with Gasteiger partial charge in [-0.2, -0.15) is 5.26 Å².